The summed E-state index contributed by atoms with van der Waals surface area (Å²) in [5.74, 6) is 0.703. The molecule has 0 spiro atoms. The van der Waals surface area contributed by atoms with Gasteiger partial charge in [0.25, 0.3) is 0 Å². The lowest BCUT2D eigenvalue weighted by Gasteiger charge is -2.13. The van der Waals surface area contributed by atoms with E-state index in [4.69, 9.17) is 23.2 Å². The second kappa shape index (κ2) is 5.74. The highest BCUT2D eigenvalue weighted by Gasteiger charge is 2.16. The van der Waals surface area contributed by atoms with Gasteiger partial charge in [-0.15, -0.1) is 11.3 Å². The summed E-state index contributed by atoms with van der Waals surface area (Å²) in [5.41, 5.74) is 1.13. The fraction of sp³-hybridized carbons (Fsp3) is 0.600. The van der Waals surface area contributed by atoms with Crippen LogP contribution in [0.4, 0.5) is 0 Å². The highest BCUT2D eigenvalue weighted by molar-refractivity contribution is 9.09. The smallest absolute Gasteiger partial charge is 0.0987 e. The minimum absolute atomic E-state index is 0.327. The Hall–Kier alpha value is 0.760. The maximum absolute atomic E-state index is 6.07. The van der Waals surface area contributed by atoms with E-state index in [9.17, 15) is 0 Å². The molecule has 2 atom stereocenters. The van der Waals surface area contributed by atoms with E-state index in [0.29, 0.717) is 10.7 Å². The summed E-state index contributed by atoms with van der Waals surface area (Å²) in [7, 11) is 0. The van der Waals surface area contributed by atoms with Gasteiger partial charge in [0.1, 0.15) is 0 Å². The highest BCUT2D eigenvalue weighted by atomic mass is 79.9. The lowest BCUT2D eigenvalue weighted by Crippen LogP contribution is -1.97. The molecular weight excluding hydrogens is 303 g/mol. The van der Waals surface area contributed by atoms with Gasteiger partial charge in [-0.1, -0.05) is 59.4 Å². The summed E-state index contributed by atoms with van der Waals surface area (Å²) in [6.07, 6.45) is 2.29. The first-order valence-corrected chi connectivity index (χ1v) is 7.12. The molecule has 0 radical (unpaired) electrons. The van der Waals surface area contributed by atoms with E-state index in [1.165, 1.54) is 17.8 Å². The second-order valence-corrected chi connectivity index (χ2v) is 6.89. The molecule has 80 valence electrons. The number of alkyl halides is 1. The Morgan fingerprint density at radius 3 is 2.57 bits per heavy atom. The van der Waals surface area contributed by atoms with Crippen molar-refractivity contribution in [2.75, 3.05) is 0 Å². The molecule has 0 saturated carbocycles. The first-order chi connectivity index (χ1) is 6.54. The summed E-state index contributed by atoms with van der Waals surface area (Å²) in [4.78, 5) is 0.327. The van der Waals surface area contributed by atoms with E-state index in [-0.39, 0.29) is 0 Å². The summed E-state index contributed by atoms with van der Waals surface area (Å²) < 4.78 is 1.57. The Labute approximate surface area is 108 Å². The Morgan fingerprint density at radius 1 is 1.50 bits per heavy atom. The van der Waals surface area contributed by atoms with Crippen LogP contribution in [0.2, 0.25) is 8.67 Å². The van der Waals surface area contributed by atoms with Crippen LogP contribution in [0, 0.1) is 5.92 Å². The fourth-order valence-electron chi connectivity index (χ4n) is 1.21. The van der Waals surface area contributed by atoms with Crippen LogP contribution in [-0.2, 0) is 0 Å². The number of hydrogen-bond donors (Lipinski definition) is 0. The predicted octanol–water partition coefficient (Wildman–Crippen LogP) is 5.93. The minimum atomic E-state index is 0.327. The fourth-order valence-corrected chi connectivity index (χ4v) is 4.08. The third-order valence-electron chi connectivity index (χ3n) is 2.33. The molecule has 0 aromatic carbocycles. The van der Waals surface area contributed by atoms with Crippen molar-refractivity contribution in [2.45, 2.75) is 31.5 Å². The molecule has 4 heteroatoms. The number of hydrogen-bond acceptors (Lipinski definition) is 1. The van der Waals surface area contributed by atoms with E-state index in [1.54, 1.807) is 0 Å². The Bertz CT molecular complexity index is 298. The first-order valence-electron chi connectivity index (χ1n) is 4.63. The molecule has 2 unspecified atom stereocenters. The summed E-state index contributed by atoms with van der Waals surface area (Å²) in [6, 6.07) is 1.95. The lowest BCUT2D eigenvalue weighted by molar-refractivity contribution is 0.515. The summed E-state index contributed by atoms with van der Waals surface area (Å²) in [6.45, 7) is 4.45. The van der Waals surface area contributed by atoms with Crippen molar-refractivity contribution < 1.29 is 0 Å². The van der Waals surface area contributed by atoms with Crippen molar-refractivity contribution in [1.29, 1.82) is 0 Å². The van der Waals surface area contributed by atoms with Gasteiger partial charge in [0, 0.05) is 4.83 Å². The van der Waals surface area contributed by atoms with Crippen LogP contribution in [0.5, 0.6) is 0 Å². The quantitative estimate of drug-likeness (QED) is 0.604. The van der Waals surface area contributed by atoms with Crippen molar-refractivity contribution in [1.82, 2.24) is 0 Å². The molecule has 1 aromatic heterocycles. The third-order valence-corrected chi connectivity index (χ3v) is 4.71. The van der Waals surface area contributed by atoms with E-state index in [0.717, 1.165) is 20.7 Å². The van der Waals surface area contributed by atoms with E-state index in [2.05, 4.69) is 29.8 Å². The Kier molecular flexibility index (Phi) is 5.26. The summed E-state index contributed by atoms with van der Waals surface area (Å²) >= 11 is 17.1. The van der Waals surface area contributed by atoms with Gasteiger partial charge in [0.05, 0.1) is 8.67 Å². The van der Waals surface area contributed by atoms with E-state index >= 15 is 0 Å². The van der Waals surface area contributed by atoms with Crippen LogP contribution in [0.3, 0.4) is 0 Å². The molecule has 0 aliphatic heterocycles. The standard InChI is InChI=1S/C10H13BrCl2S/c1-3-6(2)4-8(11)7-5-9(12)14-10(7)13/h5-6,8H,3-4H2,1-2H3. The summed E-state index contributed by atoms with van der Waals surface area (Å²) in [5, 5.41) is 0. The van der Waals surface area contributed by atoms with Gasteiger partial charge in [-0.25, -0.2) is 0 Å². The van der Waals surface area contributed by atoms with Crippen molar-refractivity contribution in [3.8, 4) is 0 Å². The molecule has 0 saturated heterocycles. The zero-order chi connectivity index (χ0) is 10.7. The van der Waals surface area contributed by atoms with Gasteiger partial charge in [0.2, 0.25) is 0 Å². The van der Waals surface area contributed by atoms with Crippen LogP contribution in [0.15, 0.2) is 6.07 Å². The normalized spacial score (nSPS) is 15.5. The monoisotopic (exact) mass is 314 g/mol. The van der Waals surface area contributed by atoms with Crippen LogP contribution in [0.1, 0.15) is 37.1 Å². The molecule has 0 amide bonds. The van der Waals surface area contributed by atoms with Crippen LogP contribution in [-0.4, -0.2) is 0 Å². The second-order valence-electron chi connectivity index (χ2n) is 3.50. The SMILES string of the molecule is CCC(C)CC(Br)c1cc(Cl)sc1Cl. The number of rotatable bonds is 4. The van der Waals surface area contributed by atoms with Crippen LogP contribution in [0.25, 0.3) is 0 Å². The van der Waals surface area contributed by atoms with Crippen molar-refractivity contribution in [3.05, 3.63) is 20.3 Å². The zero-order valence-electron chi connectivity index (χ0n) is 8.19. The average Bonchev–Trinajstić information content (AvgIpc) is 2.45. The van der Waals surface area contributed by atoms with Gasteiger partial charge >= 0.3 is 0 Å². The molecular formula is C10H13BrCl2S. The number of halogens is 3. The lowest BCUT2D eigenvalue weighted by atomic mass is 10.0. The molecule has 14 heavy (non-hydrogen) atoms. The van der Waals surface area contributed by atoms with Gasteiger partial charge < -0.3 is 0 Å². The maximum Gasteiger partial charge on any atom is 0.0987 e. The van der Waals surface area contributed by atoms with Gasteiger partial charge in [0.15, 0.2) is 0 Å². The van der Waals surface area contributed by atoms with Gasteiger partial charge in [-0.3, -0.25) is 0 Å². The van der Waals surface area contributed by atoms with Crippen LogP contribution < -0.4 is 0 Å². The third kappa shape index (κ3) is 3.41. The van der Waals surface area contributed by atoms with Crippen molar-refractivity contribution in [2.24, 2.45) is 5.92 Å². The van der Waals surface area contributed by atoms with Crippen molar-refractivity contribution in [3.63, 3.8) is 0 Å². The molecule has 1 heterocycles. The largest absolute Gasteiger partial charge is 0.111 e. The molecule has 0 bridgehead atoms. The maximum atomic E-state index is 6.07. The van der Waals surface area contributed by atoms with Gasteiger partial charge in [-0.05, 0) is 24.0 Å². The zero-order valence-corrected chi connectivity index (χ0v) is 12.1. The number of thiophene rings is 1. The molecule has 1 rings (SSSR count). The Morgan fingerprint density at radius 2 is 2.14 bits per heavy atom. The van der Waals surface area contributed by atoms with Crippen molar-refractivity contribution >= 4 is 50.5 Å². The topological polar surface area (TPSA) is 0 Å². The minimum Gasteiger partial charge on any atom is -0.111 e. The predicted molar refractivity (Wildman–Crippen MR) is 70.1 cm³/mol. The molecule has 0 aliphatic carbocycles. The molecule has 0 nitrogen and oxygen atoms in total. The van der Waals surface area contributed by atoms with Gasteiger partial charge in [-0.2, -0.15) is 0 Å². The van der Waals surface area contributed by atoms with E-state index in [1.807, 2.05) is 6.07 Å². The Balaban J connectivity index is 2.69. The molecule has 1 aromatic rings. The first kappa shape index (κ1) is 12.8. The highest BCUT2D eigenvalue weighted by Crippen LogP contribution is 2.41. The van der Waals surface area contributed by atoms with E-state index < -0.39 is 0 Å². The molecule has 0 aliphatic rings. The van der Waals surface area contributed by atoms with Crippen LogP contribution >= 0.6 is 50.5 Å². The molecule has 0 N–H and O–H groups in total. The average molecular weight is 316 g/mol. The molecule has 0 fully saturated rings.